The molecule has 4 rings (SSSR count). The van der Waals surface area contributed by atoms with Crippen LogP contribution in [0.15, 0.2) is 34.9 Å². The van der Waals surface area contributed by atoms with Gasteiger partial charge in [-0.1, -0.05) is 54.8 Å². The summed E-state index contributed by atoms with van der Waals surface area (Å²) in [4.78, 5) is 27.1. The van der Waals surface area contributed by atoms with Crippen LogP contribution in [0.3, 0.4) is 0 Å². The van der Waals surface area contributed by atoms with Crippen LogP contribution in [0.2, 0.25) is 0 Å². The van der Waals surface area contributed by atoms with Crippen LogP contribution in [0, 0.1) is 18.8 Å². The van der Waals surface area contributed by atoms with Crippen molar-refractivity contribution in [1.82, 2.24) is 10.1 Å². The number of esters is 1. The number of nitrogens with zero attached hydrogens (tertiary/aromatic N) is 2. The molecule has 2 aromatic rings. The topological polar surface area (TPSA) is 72.6 Å². The molecule has 2 heterocycles. The molecule has 1 aliphatic heterocycles. The molecule has 2 aliphatic rings. The number of likely N-dealkylation sites (tertiary alicyclic amines) is 1. The van der Waals surface area contributed by atoms with E-state index in [1.807, 2.05) is 35.2 Å². The van der Waals surface area contributed by atoms with Gasteiger partial charge in [-0.25, -0.2) is 4.79 Å². The number of piperidine rings is 1. The van der Waals surface area contributed by atoms with E-state index in [2.05, 4.69) is 5.16 Å². The second-order valence-corrected chi connectivity index (χ2v) is 7.84. The van der Waals surface area contributed by atoms with E-state index in [9.17, 15) is 9.59 Å². The lowest BCUT2D eigenvalue weighted by molar-refractivity contribution is -0.137. The third-order valence-electron chi connectivity index (χ3n) is 6.08. The van der Waals surface area contributed by atoms with Gasteiger partial charge in [-0.05, 0) is 31.6 Å². The Balaban J connectivity index is 1.38. The maximum atomic E-state index is 12.6. The number of amides is 1. The summed E-state index contributed by atoms with van der Waals surface area (Å²) in [6, 6.07) is 9.34. The van der Waals surface area contributed by atoms with Gasteiger partial charge >= 0.3 is 5.97 Å². The van der Waals surface area contributed by atoms with Crippen LogP contribution in [0.4, 0.5) is 0 Å². The average molecular weight is 382 g/mol. The van der Waals surface area contributed by atoms with Crippen molar-refractivity contribution in [2.75, 3.05) is 19.7 Å². The van der Waals surface area contributed by atoms with Gasteiger partial charge in [0.05, 0.1) is 0 Å². The summed E-state index contributed by atoms with van der Waals surface area (Å²) >= 11 is 0. The second-order valence-electron chi connectivity index (χ2n) is 7.84. The third kappa shape index (κ3) is 3.81. The first-order chi connectivity index (χ1) is 13.6. The standard InChI is InChI=1S/C22H26N2O4/c1-15-20(21(23-28-15)17-8-3-2-4-9-17)22(26)27-14-19(25)24-12-11-16-7-5-6-10-18(16)13-24/h2-4,8-9,16,18H,5-7,10-14H2,1H3/t16-,18+/m0/s1. The van der Waals surface area contributed by atoms with E-state index in [1.54, 1.807) is 6.92 Å². The Morgan fingerprint density at radius 1 is 1.14 bits per heavy atom. The molecular formula is C22H26N2O4. The van der Waals surface area contributed by atoms with E-state index in [0.717, 1.165) is 31.0 Å². The van der Waals surface area contributed by atoms with Gasteiger partial charge in [0.25, 0.3) is 5.91 Å². The lowest BCUT2D eigenvalue weighted by Gasteiger charge is -2.41. The van der Waals surface area contributed by atoms with E-state index < -0.39 is 5.97 Å². The molecule has 6 nitrogen and oxygen atoms in total. The summed E-state index contributed by atoms with van der Waals surface area (Å²) in [5.41, 5.74) is 1.50. The fraction of sp³-hybridized carbons (Fsp3) is 0.500. The van der Waals surface area contributed by atoms with Gasteiger partial charge in [0.1, 0.15) is 17.0 Å². The zero-order valence-electron chi connectivity index (χ0n) is 16.2. The van der Waals surface area contributed by atoms with Gasteiger partial charge < -0.3 is 14.2 Å². The summed E-state index contributed by atoms with van der Waals surface area (Å²) in [6.45, 7) is 2.99. The molecule has 0 spiro atoms. The summed E-state index contributed by atoms with van der Waals surface area (Å²) in [5, 5.41) is 4.00. The maximum Gasteiger partial charge on any atom is 0.344 e. The first-order valence-electron chi connectivity index (χ1n) is 10.1. The predicted octanol–water partition coefficient (Wildman–Crippen LogP) is 3.85. The number of carbonyl (C=O) groups excluding carboxylic acids is 2. The molecule has 6 heteroatoms. The zero-order valence-corrected chi connectivity index (χ0v) is 16.2. The van der Waals surface area contributed by atoms with E-state index >= 15 is 0 Å². The molecule has 28 heavy (non-hydrogen) atoms. The molecule has 0 unspecified atom stereocenters. The Morgan fingerprint density at radius 3 is 2.68 bits per heavy atom. The minimum Gasteiger partial charge on any atom is -0.452 e. The first kappa shape index (κ1) is 18.7. The van der Waals surface area contributed by atoms with Gasteiger partial charge in [0.2, 0.25) is 0 Å². The molecular weight excluding hydrogens is 356 g/mol. The number of carbonyl (C=O) groups is 2. The highest BCUT2D eigenvalue weighted by atomic mass is 16.5. The molecule has 148 valence electrons. The molecule has 2 fully saturated rings. The van der Waals surface area contributed by atoms with Crippen molar-refractivity contribution in [2.24, 2.45) is 11.8 Å². The van der Waals surface area contributed by atoms with Crippen LogP contribution < -0.4 is 0 Å². The van der Waals surface area contributed by atoms with Crippen molar-refractivity contribution in [3.63, 3.8) is 0 Å². The number of hydrogen-bond donors (Lipinski definition) is 0. The normalized spacial score (nSPS) is 21.8. The van der Waals surface area contributed by atoms with Crippen LogP contribution >= 0.6 is 0 Å². The molecule has 0 radical (unpaired) electrons. The highest BCUT2D eigenvalue weighted by Crippen LogP contribution is 2.36. The summed E-state index contributed by atoms with van der Waals surface area (Å²) in [6.07, 6.45) is 6.13. The van der Waals surface area contributed by atoms with E-state index in [-0.39, 0.29) is 18.1 Å². The zero-order chi connectivity index (χ0) is 19.5. The smallest absolute Gasteiger partial charge is 0.344 e. The number of rotatable bonds is 4. The molecule has 1 amide bonds. The minimum absolute atomic E-state index is 0.118. The van der Waals surface area contributed by atoms with Crippen LogP contribution in [-0.2, 0) is 9.53 Å². The molecule has 1 aliphatic carbocycles. The highest BCUT2D eigenvalue weighted by molar-refractivity contribution is 5.98. The summed E-state index contributed by atoms with van der Waals surface area (Å²) in [7, 11) is 0. The van der Waals surface area contributed by atoms with E-state index in [1.165, 1.54) is 25.7 Å². The summed E-state index contributed by atoms with van der Waals surface area (Å²) in [5.74, 6) is 1.06. The number of benzene rings is 1. The Bertz CT molecular complexity index is 845. The lowest BCUT2D eigenvalue weighted by Crippen LogP contribution is -2.46. The van der Waals surface area contributed by atoms with Crippen LogP contribution in [0.1, 0.15) is 48.2 Å². The molecule has 1 saturated heterocycles. The fourth-order valence-corrected chi connectivity index (χ4v) is 4.52. The number of fused-ring (bicyclic) bond motifs is 1. The number of ether oxygens (including phenoxy) is 1. The molecule has 0 N–H and O–H groups in total. The SMILES string of the molecule is Cc1onc(-c2ccccc2)c1C(=O)OCC(=O)N1CC[C@@H]2CCCC[C@@H]2C1. The van der Waals surface area contributed by atoms with Gasteiger partial charge in [0.15, 0.2) is 6.61 Å². The van der Waals surface area contributed by atoms with E-state index in [0.29, 0.717) is 17.4 Å². The Labute approximate surface area is 164 Å². The number of aryl methyl sites for hydroxylation is 1. The Kier molecular flexibility index (Phi) is 5.46. The van der Waals surface area contributed by atoms with Crippen molar-refractivity contribution in [3.8, 4) is 11.3 Å². The lowest BCUT2D eigenvalue weighted by atomic mass is 9.75. The maximum absolute atomic E-state index is 12.6. The quantitative estimate of drug-likeness (QED) is 0.751. The molecule has 0 bridgehead atoms. The van der Waals surface area contributed by atoms with Crippen LogP contribution in [-0.4, -0.2) is 41.6 Å². The molecule has 1 saturated carbocycles. The monoisotopic (exact) mass is 382 g/mol. The Hall–Kier alpha value is -2.63. The number of hydrogen-bond acceptors (Lipinski definition) is 5. The fourth-order valence-electron chi connectivity index (χ4n) is 4.52. The largest absolute Gasteiger partial charge is 0.452 e. The first-order valence-corrected chi connectivity index (χ1v) is 10.1. The Morgan fingerprint density at radius 2 is 1.89 bits per heavy atom. The van der Waals surface area contributed by atoms with Gasteiger partial charge in [0, 0.05) is 18.7 Å². The second kappa shape index (κ2) is 8.17. The van der Waals surface area contributed by atoms with Crippen molar-refractivity contribution < 1.29 is 18.8 Å². The van der Waals surface area contributed by atoms with Crippen LogP contribution in [0.5, 0.6) is 0 Å². The molecule has 1 aromatic heterocycles. The van der Waals surface area contributed by atoms with Gasteiger partial charge in [-0.15, -0.1) is 0 Å². The third-order valence-corrected chi connectivity index (χ3v) is 6.08. The molecule has 2 atom stereocenters. The van der Waals surface area contributed by atoms with Crippen molar-refractivity contribution in [3.05, 3.63) is 41.7 Å². The molecule has 1 aromatic carbocycles. The van der Waals surface area contributed by atoms with Crippen molar-refractivity contribution in [2.45, 2.75) is 39.0 Å². The predicted molar refractivity (Wildman–Crippen MR) is 104 cm³/mol. The van der Waals surface area contributed by atoms with Crippen molar-refractivity contribution >= 4 is 11.9 Å². The van der Waals surface area contributed by atoms with Gasteiger partial charge in [-0.3, -0.25) is 4.79 Å². The average Bonchev–Trinajstić information content (AvgIpc) is 3.13. The summed E-state index contributed by atoms with van der Waals surface area (Å²) < 4.78 is 10.6. The van der Waals surface area contributed by atoms with Gasteiger partial charge in [-0.2, -0.15) is 0 Å². The number of aromatic nitrogens is 1. The highest BCUT2D eigenvalue weighted by Gasteiger charge is 2.33. The minimum atomic E-state index is -0.571. The van der Waals surface area contributed by atoms with E-state index in [4.69, 9.17) is 9.26 Å². The van der Waals surface area contributed by atoms with Crippen molar-refractivity contribution in [1.29, 1.82) is 0 Å². The van der Waals surface area contributed by atoms with Crippen LogP contribution in [0.25, 0.3) is 11.3 Å².